The first-order chi connectivity index (χ1) is 6.76. The molecule has 2 aromatic rings. The summed E-state index contributed by atoms with van der Waals surface area (Å²) in [6.45, 7) is 2.63. The molecule has 14 heavy (non-hydrogen) atoms. The maximum atomic E-state index is 5.65. The van der Waals surface area contributed by atoms with E-state index in [0.717, 1.165) is 16.8 Å². The molecule has 1 aromatic carbocycles. The Labute approximate surface area is 82.9 Å². The van der Waals surface area contributed by atoms with Crippen molar-refractivity contribution >= 4 is 10.9 Å². The number of rotatable bonds is 2. The van der Waals surface area contributed by atoms with Crippen molar-refractivity contribution in [1.82, 2.24) is 4.98 Å². The van der Waals surface area contributed by atoms with Crippen LogP contribution in [-0.4, -0.2) is 12.1 Å². The minimum Gasteiger partial charge on any atom is -0.497 e. The zero-order valence-electron chi connectivity index (χ0n) is 8.42. The van der Waals surface area contributed by atoms with Gasteiger partial charge in [-0.15, -0.1) is 0 Å². The number of fused-ring (bicyclic) bond motifs is 1. The fourth-order valence-electron chi connectivity index (χ4n) is 1.81. The van der Waals surface area contributed by atoms with E-state index < -0.39 is 0 Å². The normalized spacial score (nSPS) is 10.8. The monoisotopic (exact) mass is 190 g/mol. The van der Waals surface area contributed by atoms with E-state index in [2.05, 4.69) is 11.9 Å². The number of aromatic nitrogens is 1. The minimum atomic E-state index is 0.563. The lowest BCUT2D eigenvalue weighted by Gasteiger charge is -2.03. The van der Waals surface area contributed by atoms with Crippen molar-refractivity contribution in [3.8, 4) is 5.75 Å². The van der Waals surface area contributed by atoms with E-state index in [4.69, 9.17) is 10.5 Å². The molecule has 0 spiro atoms. The molecule has 0 radical (unpaired) electrons. The Bertz CT molecular complexity index is 460. The third-order valence-corrected chi connectivity index (χ3v) is 2.49. The van der Waals surface area contributed by atoms with Crippen LogP contribution in [0.5, 0.6) is 5.75 Å². The zero-order valence-corrected chi connectivity index (χ0v) is 8.42. The molecule has 0 atom stereocenters. The molecule has 74 valence electrons. The highest BCUT2D eigenvalue weighted by atomic mass is 16.5. The molecule has 3 N–H and O–H groups in total. The number of methoxy groups -OCH3 is 1. The third kappa shape index (κ3) is 1.26. The number of nitrogens with one attached hydrogen (secondary N) is 1. The van der Waals surface area contributed by atoms with Crippen molar-refractivity contribution < 1.29 is 4.74 Å². The van der Waals surface area contributed by atoms with Crippen LogP contribution in [0, 0.1) is 6.92 Å². The van der Waals surface area contributed by atoms with Crippen molar-refractivity contribution in [3.63, 3.8) is 0 Å². The number of hydrogen-bond donors (Lipinski definition) is 2. The summed E-state index contributed by atoms with van der Waals surface area (Å²) in [5.41, 5.74) is 9.08. The Morgan fingerprint density at radius 1 is 1.43 bits per heavy atom. The van der Waals surface area contributed by atoms with Gasteiger partial charge in [-0.2, -0.15) is 0 Å². The number of ether oxygens (including phenoxy) is 1. The predicted octanol–water partition coefficient (Wildman–Crippen LogP) is 1.94. The topological polar surface area (TPSA) is 51.0 Å². The smallest absolute Gasteiger partial charge is 0.121 e. The molecule has 0 aliphatic rings. The van der Waals surface area contributed by atoms with Gasteiger partial charge in [0.1, 0.15) is 5.75 Å². The van der Waals surface area contributed by atoms with Gasteiger partial charge in [0.05, 0.1) is 7.11 Å². The van der Waals surface area contributed by atoms with Gasteiger partial charge in [-0.3, -0.25) is 0 Å². The van der Waals surface area contributed by atoms with E-state index in [-0.39, 0.29) is 0 Å². The maximum absolute atomic E-state index is 5.65. The van der Waals surface area contributed by atoms with E-state index in [1.807, 2.05) is 18.3 Å². The van der Waals surface area contributed by atoms with E-state index in [1.165, 1.54) is 10.9 Å². The predicted molar refractivity (Wildman–Crippen MR) is 57.5 cm³/mol. The molecular formula is C11H14N2O. The van der Waals surface area contributed by atoms with E-state index in [9.17, 15) is 0 Å². The van der Waals surface area contributed by atoms with E-state index >= 15 is 0 Å². The minimum absolute atomic E-state index is 0.563. The highest BCUT2D eigenvalue weighted by molar-refractivity contribution is 5.87. The highest BCUT2D eigenvalue weighted by Crippen LogP contribution is 2.26. The molecule has 0 aliphatic carbocycles. The van der Waals surface area contributed by atoms with Gasteiger partial charge in [0, 0.05) is 29.7 Å². The second kappa shape index (κ2) is 3.35. The molecule has 0 amide bonds. The summed E-state index contributed by atoms with van der Waals surface area (Å²) in [4.78, 5) is 3.19. The van der Waals surface area contributed by atoms with E-state index in [0.29, 0.717) is 6.54 Å². The largest absolute Gasteiger partial charge is 0.497 e. The van der Waals surface area contributed by atoms with Gasteiger partial charge in [0.15, 0.2) is 0 Å². The van der Waals surface area contributed by atoms with Crippen LogP contribution >= 0.6 is 0 Å². The second-order valence-electron chi connectivity index (χ2n) is 3.38. The van der Waals surface area contributed by atoms with Gasteiger partial charge in [-0.05, 0) is 24.1 Å². The molecule has 0 unspecified atom stereocenters. The van der Waals surface area contributed by atoms with Crippen molar-refractivity contribution in [2.24, 2.45) is 5.73 Å². The number of benzene rings is 1. The molecule has 0 saturated heterocycles. The third-order valence-electron chi connectivity index (χ3n) is 2.49. The molecule has 0 aliphatic heterocycles. The summed E-state index contributed by atoms with van der Waals surface area (Å²) >= 11 is 0. The van der Waals surface area contributed by atoms with Crippen LogP contribution in [-0.2, 0) is 6.54 Å². The van der Waals surface area contributed by atoms with Crippen molar-refractivity contribution in [2.75, 3.05) is 7.11 Å². The lowest BCUT2D eigenvalue weighted by Crippen LogP contribution is -1.95. The Kier molecular flexibility index (Phi) is 2.17. The van der Waals surface area contributed by atoms with Gasteiger partial charge < -0.3 is 15.5 Å². The van der Waals surface area contributed by atoms with Crippen LogP contribution in [0.25, 0.3) is 10.9 Å². The van der Waals surface area contributed by atoms with Crippen LogP contribution < -0.4 is 10.5 Å². The Balaban J connectivity index is 2.72. The zero-order chi connectivity index (χ0) is 10.1. The molecule has 0 bridgehead atoms. The summed E-state index contributed by atoms with van der Waals surface area (Å²) in [6, 6.07) is 4.01. The molecule has 2 rings (SSSR count). The highest BCUT2D eigenvalue weighted by Gasteiger charge is 2.06. The molecule has 0 fully saturated rings. The standard InChI is InChI=1S/C11H14N2O/c1-7-3-9(14-2)4-10-11(7)8(5-12)6-13-10/h3-4,6,13H,5,12H2,1-2H3. The summed E-state index contributed by atoms with van der Waals surface area (Å²) in [7, 11) is 1.67. The summed E-state index contributed by atoms with van der Waals surface area (Å²) in [5.74, 6) is 0.875. The van der Waals surface area contributed by atoms with Crippen molar-refractivity contribution in [2.45, 2.75) is 13.5 Å². The Morgan fingerprint density at radius 2 is 2.21 bits per heavy atom. The molecule has 0 saturated carbocycles. The van der Waals surface area contributed by atoms with Crippen LogP contribution in [0.4, 0.5) is 0 Å². The number of hydrogen-bond acceptors (Lipinski definition) is 2. The Morgan fingerprint density at radius 3 is 2.86 bits per heavy atom. The SMILES string of the molecule is COc1cc(C)c2c(CN)c[nH]c2c1. The fourth-order valence-corrected chi connectivity index (χ4v) is 1.81. The fraction of sp³-hybridized carbons (Fsp3) is 0.273. The van der Waals surface area contributed by atoms with Crippen LogP contribution in [0.2, 0.25) is 0 Å². The first-order valence-electron chi connectivity index (χ1n) is 4.61. The Hall–Kier alpha value is -1.48. The quantitative estimate of drug-likeness (QED) is 0.760. The lowest BCUT2D eigenvalue weighted by atomic mass is 10.1. The van der Waals surface area contributed by atoms with E-state index in [1.54, 1.807) is 7.11 Å². The van der Waals surface area contributed by atoms with Crippen molar-refractivity contribution in [1.29, 1.82) is 0 Å². The summed E-state index contributed by atoms with van der Waals surface area (Å²) in [5, 5.41) is 1.22. The van der Waals surface area contributed by atoms with Gasteiger partial charge >= 0.3 is 0 Å². The summed E-state index contributed by atoms with van der Waals surface area (Å²) < 4.78 is 5.19. The number of aromatic amines is 1. The van der Waals surface area contributed by atoms with Crippen molar-refractivity contribution in [3.05, 3.63) is 29.5 Å². The molecular weight excluding hydrogens is 176 g/mol. The van der Waals surface area contributed by atoms with Crippen LogP contribution in [0.15, 0.2) is 18.3 Å². The maximum Gasteiger partial charge on any atom is 0.121 e. The summed E-state index contributed by atoms with van der Waals surface area (Å²) in [6.07, 6.45) is 1.96. The molecule has 1 aromatic heterocycles. The number of H-pyrrole nitrogens is 1. The lowest BCUT2D eigenvalue weighted by molar-refractivity contribution is 0.415. The van der Waals surface area contributed by atoms with Gasteiger partial charge in [-0.25, -0.2) is 0 Å². The van der Waals surface area contributed by atoms with Gasteiger partial charge in [0.2, 0.25) is 0 Å². The molecule has 3 heteroatoms. The first-order valence-corrected chi connectivity index (χ1v) is 4.61. The average molecular weight is 190 g/mol. The number of aryl methyl sites for hydroxylation is 1. The average Bonchev–Trinajstić information content (AvgIpc) is 2.61. The molecule has 1 heterocycles. The van der Waals surface area contributed by atoms with Crippen LogP contribution in [0.1, 0.15) is 11.1 Å². The van der Waals surface area contributed by atoms with Gasteiger partial charge in [-0.1, -0.05) is 0 Å². The number of nitrogens with two attached hydrogens (primary N) is 1. The van der Waals surface area contributed by atoms with Crippen LogP contribution in [0.3, 0.4) is 0 Å². The van der Waals surface area contributed by atoms with Gasteiger partial charge in [0.25, 0.3) is 0 Å². The first kappa shape index (κ1) is 9.09. The molecule has 3 nitrogen and oxygen atoms in total. The second-order valence-corrected chi connectivity index (χ2v) is 3.38.